The highest BCUT2D eigenvalue weighted by atomic mass is 16.1. The lowest BCUT2D eigenvalue weighted by Gasteiger charge is -2.19. The molecule has 4 heteroatoms. The molecule has 1 atom stereocenters. The number of hydrogen-bond acceptors (Lipinski definition) is 3. The van der Waals surface area contributed by atoms with E-state index in [9.17, 15) is 4.79 Å². The van der Waals surface area contributed by atoms with Crippen LogP contribution in [0.4, 0.5) is 0 Å². The predicted molar refractivity (Wildman–Crippen MR) is 59.3 cm³/mol. The van der Waals surface area contributed by atoms with Crippen molar-refractivity contribution in [3.8, 4) is 0 Å². The summed E-state index contributed by atoms with van der Waals surface area (Å²) in [5.74, 6) is 0.0761. The fourth-order valence-corrected chi connectivity index (χ4v) is 0.885. The van der Waals surface area contributed by atoms with Crippen LogP contribution in [0.15, 0.2) is 0 Å². The van der Waals surface area contributed by atoms with Crippen molar-refractivity contribution in [2.24, 2.45) is 0 Å². The van der Waals surface area contributed by atoms with Gasteiger partial charge in [0.2, 0.25) is 5.91 Å². The zero-order valence-electron chi connectivity index (χ0n) is 9.76. The first kappa shape index (κ1) is 13.4. The molecule has 2 N–H and O–H groups in total. The van der Waals surface area contributed by atoms with Crippen LogP contribution in [0.1, 0.15) is 20.3 Å². The van der Waals surface area contributed by atoms with Gasteiger partial charge in [0.15, 0.2) is 0 Å². The average Bonchev–Trinajstić information content (AvgIpc) is 2.14. The first-order valence-electron chi connectivity index (χ1n) is 5.21. The van der Waals surface area contributed by atoms with E-state index in [-0.39, 0.29) is 5.91 Å². The van der Waals surface area contributed by atoms with Gasteiger partial charge in [0.25, 0.3) is 0 Å². The largest absolute Gasteiger partial charge is 0.353 e. The smallest absolute Gasteiger partial charge is 0.234 e. The van der Waals surface area contributed by atoms with Crippen LogP contribution in [-0.4, -0.2) is 50.6 Å². The highest BCUT2D eigenvalue weighted by molar-refractivity contribution is 5.77. The van der Waals surface area contributed by atoms with E-state index in [2.05, 4.69) is 29.4 Å². The summed E-state index contributed by atoms with van der Waals surface area (Å²) in [5, 5.41) is 5.94. The summed E-state index contributed by atoms with van der Waals surface area (Å²) in [7, 11) is 4.01. The fourth-order valence-electron chi connectivity index (χ4n) is 0.885. The number of carbonyl (C=O) groups is 1. The van der Waals surface area contributed by atoms with Crippen molar-refractivity contribution in [3.63, 3.8) is 0 Å². The molecule has 4 nitrogen and oxygen atoms in total. The molecule has 0 heterocycles. The second-order valence-corrected chi connectivity index (χ2v) is 3.79. The quantitative estimate of drug-likeness (QED) is 0.572. The average molecular weight is 201 g/mol. The predicted octanol–water partition coefficient (Wildman–Crippen LogP) is 0.0523. The van der Waals surface area contributed by atoms with Crippen molar-refractivity contribution in [2.75, 3.05) is 33.7 Å². The highest BCUT2D eigenvalue weighted by Gasteiger charge is 2.06. The molecule has 0 radical (unpaired) electrons. The van der Waals surface area contributed by atoms with Crippen LogP contribution in [0.3, 0.4) is 0 Å². The van der Waals surface area contributed by atoms with Gasteiger partial charge in [-0.15, -0.1) is 0 Å². The lowest BCUT2D eigenvalue weighted by atomic mass is 10.3. The van der Waals surface area contributed by atoms with Gasteiger partial charge in [0, 0.05) is 12.6 Å². The molecule has 0 aliphatic heterocycles. The number of rotatable bonds is 7. The van der Waals surface area contributed by atoms with E-state index in [0.29, 0.717) is 19.1 Å². The molecule has 0 aliphatic rings. The molecule has 0 rings (SSSR count). The minimum Gasteiger partial charge on any atom is -0.353 e. The van der Waals surface area contributed by atoms with E-state index >= 15 is 0 Å². The van der Waals surface area contributed by atoms with Gasteiger partial charge in [-0.25, -0.2) is 0 Å². The molecule has 0 fully saturated rings. The lowest BCUT2D eigenvalue weighted by molar-refractivity contribution is -0.120. The van der Waals surface area contributed by atoms with Gasteiger partial charge in [0.1, 0.15) is 0 Å². The normalized spacial score (nSPS) is 12.9. The fraction of sp³-hybridized carbons (Fsp3) is 0.900. The molecule has 0 spiro atoms. The van der Waals surface area contributed by atoms with E-state index in [0.717, 1.165) is 13.0 Å². The van der Waals surface area contributed by atoms with Gasteiger partial charge < -0.3 is 15.5 Å². The molecule has 1 amide bonds. The molecule has 0 aliphatic carbocycles. The van der Waals surface area contributed by atoms with Gasteiger partial charge in [-0.1, -0.05) is 6.92 Å². The standard InChI is InChI=1S/C10H23N3O/c1-5-6-11-8-10(14)12-7-9(2)13(3)4/h9,11H,5-8H2,1-4H3,(H,12,14). The maximum Gasteiger partial charge on any atom is 0.234 e. The second-order valence-electron chi connectivity index (χ2n) is 3.79. The minimum atomic E-state index is 0.0761. The van der Waals surface area contributed by atoms with Crippen LogP contribution in [0.25, 0.3) is 0 Å². The van der Waals surface area contributed by atoms with Crippen LogP contribution in [0.5, 0.6) is 0 Å². The Bertz CT molecular complexity index is 159. The Hall–Kier alpha value is -0.610. The monoisotopic (exact) mass is 201 g/mol. The van der Waals surface area contributed by atoms with Gasteiger partial charge in [-0.3, -0.25) is 4.79 Å². The van der Waals surface area contributed by atoms with Crippen LogP contribution in [-0.2, 0) is 4.79 Å². The minimum absolute atomic E-state index is 0.0761. The molecule has 14 heavy (non-hydrogen) atoms. The van der Waals surface area contributed by atoms with E-state index in [1.807, 2.05) is 14.1 Å². The number of carbonyl (C=O) groups excluding carboxylic acids is 1. The summed E-state index contributed by atoms with van der Waals surface area (Å²) in [4.78, 5) is 13.3. The molecule has 1 unspecified atom stereocenters. The van der Waals surface area contributed by atoms with Gasteiger partial charge in [-0.2, -0.15) is 0 Å². The van der Waals surface area contributed by atoms with Crippen molar-refractivity contribution in [3.05, 3.63) is 0 Å². The van der Waals surface area contributed by atoms with Crippen LogP contribution < -0.4 is 10.6 Å². The molecule has 0 bridgehead atoms. The molecule has 0 aromatic heterocycles. The number of likely N-dealkylation sites (N-methyl/N-ethyl adjacent to an activating group) is 1. The summed E-state index contributed by atoms with van der Waals surface area (Å²) in [5.41, 5.74) is 0. The van der Waals surface area contributed by atoms with Crippen molar-refractivity contribution >= 4 is 5.91 Å². The van der Waals surface area contributed by atoms with E-state index in [1.54, 1.807) is 0 Å². The molecular formula is C10H23N3O. The summed E-state index contributed by atoms with van der Waals surface area (Å²) < 4.78 is 0. The maximum absolute atomic E-state index is 11.3. The van der Waals surface area contributed by atoms with Gasteiger partial charge in [0.05, 0.1) is 6.54 Å². The third kappa shape index (κ3) is 6.86. The van der Waals surface area contributed by atoms with Crippen molar-refractivity contribution in [2.45, 2.75) is 26.3 Å². The number of amides is 1. The molecule has 0 saturated heterocycles. The lowest BCUT2D eigenvalue weighted by Crippen LogP contribution is -2.41. The first-order chi connectivity index (χ1) is 6.57. The Labute approximate surface area is 87.0 Å². The molecule has 84 valence electrons. The molecule has 0 saturated carbocycles. The van der Waals surface area contributed by atoms with Gasteiger partial charge in [-0.05, 0) is 34.0 Å². The van der Waals surface area contributed by atoms with Gasteiger partial charge >= 0.3 is 0 Å². The first-order valence-corrected chi connectivity index (χ1v) is 5.21. The highest BCUT2D eigenvalue weighted by Crippen LogP contribution is 1.87. The number of nitrogens with one attached hydrogen (secondary N) is 2. The Balaban J connectivity index is 3.44. The van der Waals surface area contributed by atoms with Crippen molar-refractivity contribution in [1.29, 1.82) is 0 Å². The Morgan fingerprint density at radius 1 is 1.43 bits per heavy atom. The zero-order chi connectivity index (χ0) is 11.0. The van der Waals surface area contributed by atoms with Crippen LogP contribution in [0.2, 0.25) is 0 Å². The Kier molecular flexibility index (Phi) is 7.42. The topological polar surface area (TPSA) is 44.4 Å². The number of hydrogen-bond donors (Lipinski definition) is 2. The van der Waals surface area contributed by atoms with Crippen molar-refractivity contribution < 1.29 is 4.79 Å². The van der Waals surface area contributed by atoms with Crippen LogP contribution in [0, 0.1) is 0 Å². The van der Waals surface area contributed by atoms with E-state index in [4.69, 9.17) is 0 Å². The third-order valence-corrected chi connectivity index (χ3v) is 2.19. The summed E-state index contributed by atoms with van der Waals surface area (Å²) in [6.07, 6.45) is 1.06. The summed E-state index contributed by atoms with van der Waals surface area (Å²) in [6.45, 7) is 6.20. The Morgan fingerprint density at radius 2 is 2.07 bits per heavy atom. The third-order valence-electron chi connectivity index (χ3n) is 2.19. The SMILES string of the molecule is CCCNCC(=O)NCC(C)N(C)C. The van der Waals surface area contributed by atoms with E-state index < -0.39 is 0 Å². The molecule has 0 aromatic carbocycles. The van der Waals surface area contributed by atoms with E-state index in [1.165, 1.54) is 0 Å². The maximum atomic E-state index is 11.3. The van der Waals surface area contributed by atoms with Crippen molar-refractivity contribution in [1.82, 2.24) is 15.5 Å². The van der Waals surface area contributed by atoms with Crippen LogP contribution >= 0.6 is 0 Å². The number of nitrogens with zero attached hydrogens (tertiary/aromatic N) is 1. The molecule has 0 aromatic rings. The summed E-state index contributed by atoms with van der Waals surface area (Å²) in [6, 6.07) is 0.380. The Morgan fingerprint density at radius 3 is 2.57 bits per heavy atom. The molecular weight excluding hydrogens is 178 g/mol. The zero-order valence-corrected chi connectivity index (χ0v) is 9.76. The second kappa shape index (κ2) is 7.76. The summed E-state index contributed by atoms with van der Waals surface area (Å²) >= 11 is 0.